The maximum atomic E-state index is 11.8. The van der Waals surface area contributed by atoms with Crippen molar-refractivity contribution in [3.63, 3.8) is 0 Å². The number of amides is 1. The average Bonchev–Trinajstić information content (AvgIpc) is 2.40. The number of carbonyl (C=O) groups excluding carboxylic acids is 1. The fourth-order valence-electron chi connectivity index (χ4n) is 1.89. The zero-order valence-corrected chi connectivity index (χ0v) is 12.2. The molecule has 0 aromatic carbocycles. The molecule has 0 saturated heterocycles. The SMILES string of the molecule is CCCCSC1=[NH+]CC2C=C(OCC)C(=O)NC2=N1. The average molecular weight is 282 g/mol. The summed E-state index contributed by atoms with van der Waals surface area (Å²) in [5, 5.41) is 3.71. The third-order valence-electron chi connectivity index (χ3n) is 2.90. The lowest BCUT2D eigenvalue weighted by Gasteiger charge is -2.20. The second-order valence-electron chi connectivity index (χ2n) is 4.41. The van der Waals surface area contributed by atoms with Crippen LogP contribution in [0.25, 0.3) is 0 Å². The third kappa shape index (κ3) is 3.59. The Labute approximate surface area is 117 Å². The van der Waals surface area contributed by atoms with Crippen LogP contribution in [-0.4, -0.2) is 35.8 Å². The van der Waals surface area contributed by atoms with Crippen molar-refractivity contribution in [2.75, 3.05) is 18.9 Å². The summed E-state index contributed by atoms with van der Waals surface area (Å²) in [7, 11) is 0. The van der Waals surface area contributed by atoms with Crippen LogP contribution >= 0.6 is 11.8 Å². The molecule has 0 bridgehead atoms. The molecule has 0 aromatic heterocycles. The van der Waals surface area contributed by atoms with Crippen LogP contribution < -0.4 is 10.3 Å². The van der Waals surface area contributed by atoms with E-state index in [1.165, 1.54) is 12.8 Å². The lowest BCUT2D eigenvalue weighted by molar-refractivity contribution is -0.459. The van der Waals surface area contributed by atoms with E-state index in [-0.39, 0.29) is 11.8 Å². The number of aliphatic imine (C=N–C) groups is 1. The van der Waals surface area contributed by atoms with E-state index < -0.39 is 0 Å². The number of carbonyl (C=O) groups is 1. The van der Waals surface area contributed by atoms with Crippen LogP contribution in [0.15, 0.2) is 16.8 Å². The first kappa shape index (κ1) is 14.1. The van der Waals surface area contributed by atoms with Gasteiger partial charge in [-0.15, -0.1) is 0 Å². The molecular weight excluding hydrogens is 262 g/mol. The van der Waals surface area contributed by atoms with Crippen molar-refractivity contribution in [1.82, 2.24) is 5.32 Å². The van der Waals surface area contributed by atoms with Gasteiger partial charge in [-0.25, -0.2) is 0 Å². The van der Waals surface area contributed by atoms with Crippen LogP contribution in [0.2, 0.25) is 0 Å². The predicted molar refractivity (Wildman–Crippen MR) is 77.0 cm³/mol. The number of fused-ring (bicyclic) bond motifs is 1. The van der Waals surface area contributed by atoms with Crippen molar-refractivity contribution in [1.29, 1.82) is 0 Å². The van der Waals surface area contributed by atoms with Gasteiger partial charge in [-0.2, -0.15) is 0 Å². The Hall–Kier alpha value is -1.30. The van der Waals surface area contributed by atoms with Crippen molar-refractivity contribution in [2.24, 2.45) is 10.9 Å². The Bertz CT molecular complexity index is 443. The molecule has 2 N–H and O–H groups in total. The minimum absolute atomic E-state index is 0.0924. The van der Waals surface area contributed by atoms with Gasteiger partial charge in [0.2, 0.25) is 5.84 Å². The van der Waals surface area contributed by atoms with Crippen LogP contribution in [-0.2, 0) is 9.53 Å². The summed E-state index contributed by atoms with van der Waals surface area (Å²) in [5.74, 6) is 2.07. The summed E-state index contributed by atoms with van der Waals surface area (Å²) < 4.78 is 5.30. The Morgan fingerprint density at radius 3 is 3.16 bits per heavy atom. The molecule has 0 aromatic rings. The molecule has 6 heteroatoms. The fraction of sp³-hybridized carbons (Fsp3) is 0.615. The van der Waals surface area contributed by atoms with Gasteiger partial charge in [-0.1, -0.05) is 13.3 Å². The Balaban J connectivity index is 2.01. The Morgan fingerprint density at radius 1 is 1.58 bits per heavy atom. The van der Waals surface area contributed by atoms with E-state index in [1.54, 1.807) is 11.8 Å². The molecule has 19 heavy (non-hydrogen) atoms. The highest BCUT2D eigenvalue weighted by molar-refractivity contribution is 8.13. The molecule has 2 aliphatic rings. The van der Waals surface area contributed by atoms with E-state index in [0.29, 0.717) is 12.4 Å². The van der Waals surface area contributed by atoms with Gasteiger partial charge in [-0.3, -0.25) is 15.1 Å². The van der Waals surface area contributed by atoms with Crippen LogP contribution in [0.4, 0.5) is 0 Å². The first-order chi connectivity index (χ1) is 9.24. The molecule has 0 aliphatic carbocycles. The van der Waals surface area contributed by atoms with Gasteiger partial charge in [-0.05, 0) is 36.2 Å². The minimum Gasteiger partial charge on any atom is -0.488 e. The van der Waals surface area contributed by atoms with Gasteiger partial charge in [0.15, 0.2) is 5.76 Å². The quantitative estimate of drug-likeness (QED) is 0.700. The summed E-state index contributed by atoms with van der Waals surface area (Å²) in [4.78, 5) is 19.6. The number of hydrogen-bond donors (Lipinski definition) is 2. The summed E-state index contributed by atoms with van der Waals surface area (Å²) >= 11 is 1.70. The summed E-state index contributed by atoms with van der Waals surface area (Å²) in [6, 6.07) is 0. The van der Waals surface area contributed by atoms with E-state index in [9.17, 15) is 4.79 Å². The van der Waals surface area contributed by atoms with Crippen molar-refractivity contribution in [2.45, 2.75) is 26.7 Å². The van der Waals surface area contributed by atoms with Crippen molar-refractivity contribution in [3.8, 4) is 0 Å². The molecule has 104 valence electrons. The number of nitrogens with zero attached hydrogens (tertiary/aromatic N) is 1. The maximum Gasteiger partial charge on any atom is 0.354 e. The van der Waals surface area contributed by atoms with Gasteiger partial charge in [0.1, 0.15) is 5.92 Å². The largest absolute Gasteiger partial charge is 0.488 e. The van der Waals surface area contributed by atoms with Crippen molar-refractivity contribution in [3.05, 3.63) is 11.8 Å². The van der Waals surface area contributed by atoms with E-state index in [1.807, 2.05) is 13.0 Å². The van der Waals surface area contributed by atoms with E-state index >= 15 is 0 Å². The van der Waals surface area contributed by atoms with Crippen LogP contribution in [0, 0.1) is 5.92 Å². The predicted octanol–water partition coefficient (Wildman–Crippen LogP) is 0.0348. The fourth-order valence-corrected chi connectivity index (χ4v) is 2.86. The lowest BCUT2D eigenvalue weighted by Crippen LogP contribution is -2.77. The topological polar surface area (TPSA) is 64.7 Å². The molecule has 0 radical (unpaired) electrons. The highest BCUT2D eigenvalue weighted by Gasteiger charge is 2.34. The van der Waals surface area contributed by atoms with Gasteiger partial charge < -0.3 is 4.74 Å². The van der Waals surface area contributed by atoms with Crippen LogP contribution in [0.3, 0.4) is 0 Å². The minimum atomic E-state index is -0.198. The highest BCUT2D eigenvalue weighted by Crippen LogP contribution is 2.15. The second-order valence-corrected chi connectivity index (χ2v) is 5.49. The Kier molecular flexibility index (Phi) is 5.01. The second kappa shape index (κ2) is 6.75. The molecule has 2 rings (SSSR count). The molecule has 0 spiro atoms. The number of unbranched alkanes of at least 4 members (excludes halogenated alkanes) is 1. The summed E-state index contributed by atoms with van der Waals surface area (Å²) in [6.07, 6.45) is 4.20. The van der Waals surface area contributed by atoms with Gasteiger partial charge in [0, 0.05) is 5.75 Å². The van der Waals surface area contributed by atoms with Gasteiger partial charge >= 0.3 is 5.17 Å². The standard InChI is InChI=1S/C13H19N3O2S/c1-3-5-6-19-13-14-8-9-7-10(18-4-2)12(17)15-11(9)16-13/h7,9H,3-6,8H2,1-2H3,(H,14,15,16,17)/p+1. The molecule has 5 nitrogen and oxygen atoms in total. The highest BCUT2D eigenvalue weighted by atomic mass is 32.2. The van der Waals surface area contributed by atoms with Gasteiger partial charge in [0.25, 0.3) is 5.91 Å². The molecule has 2 aliphatic heterocycles. The number of rotatable bonds is 5. The molecule has 2 heterocycles. The number of amidine groups is 2. The molecule has 0 saturated carbocycles. The third-order valence-corrected chi connectivity index (χ3v) is 3.90. The molecule has 1 amide bonds. The first-order valence-corrected chi connectivity index (χ1v) is 7.71. The summed E-state index contributed by atoms with van der Waals surface area (Å²) in [6.45, 7) is 5.29. The number of ether oxygens (including phenoxy) is 1. The summed E-state index contributed by atoms with van der Waals surface area (Å²) in [5.41, 5.74) is 0. The first-order valence-electron chi connectivity index (χ1n) is 6.72. The van der Waals surface area contributed by atoms with E-state index in [4.69, 9.17) is 4.74 Å². The van der Waals surface area contributed by atoms with Crippen molar-refractivity contribution >= 4 is 28.7 Å². The molecular formula is C13H20N3O2S+. The lowest BCUT2D eigenvalue weighted by atomic mass is 10.0. The Morgan fingerprint density at radius 2 is 2.42 bits per heavy atom. The molecule has 0 fully saturated rings. The number of thioether (sulfide) groups is 1. The van der Waals surface area contributed by atoms with E-state index in [0.717, 1.165) is 23.3 Å². The zero-order valence-electron chi connectivity index (χ0n) is 11.4. The number of hydrogen-bond acceptors (Lipinski definition) is 4. The smallest absolute Gasteiger partial charge is 0.354 e. The van der Waals surface area contributed by atoms with Crippen LogP contribution in [0.1, 0.15) is 26.7 Å². The van der Waals surface area contributed by atoms with Crippen molar-refractivity contribution < 1.29 is 14.5 Å². The zero-order chi connectivity index (χ0) is 13.7. The molecule has 1 atom stereocenters. The normalized spacial score (nSPS) is 21.9. The molecule has 1 unspecified atom stereocenters. The van der Waals surface area contributed by atoms with E-state index in [2.05, 4.69) is 22.2 Å². The monoisotopic (exact) mass is 282 g/mol. The number of nitrogens with one attached hydrogen (secondary N) is 2. The maximum absolute atomic E-state index is 11.8. The van der Waals surface area contributed by atoms with Crippen LogP contribution in [0.5, 0.6) is 0 Å². The van der Waals surface area contributed by atoms with Gasteiger partial charge in [0.05, 0.1) is 13.2 Å².